The number of halogens is 3. The van der Waals surface area contributed by atoms with Crippen LogP contribution in [-0.2, 0) is 11.0 Å². The van der Waals surface area contributed by atoms with E-state index in [0.717, 1.165) is 6.20 Å². The lowest BCUT2D eigenvalue weighted by atomic mass is 10.1. The fourth-order valence-corrected chi connectivity index (χ4v) is 1.13. The van der Waals surface area contributed by atoms with Crippen LogP contribution in [0.2, 0.25) is 0 Å². The number of nitrogens with one attached hydrogen (secondary N) is 2. The maximum Gasteiger partial charge on any atom is 0.418 e. The third kappa shape index (κ3) is 2.92. The quantitative estimate of drug-likeness (QED) is 0.783. The molecule has 0 aromatic carbocycles. The second-order valence-electron chi connectivity index (χ2n) is 2.96. The lowest BCUT2D eigenvalue weighted by Crippen LogP contribution is -2.24. The molecule has 0 saturated carbocycles. The van der Waals surface area contributed by atoms with Gasteiger partial charge in [-0.05, 0) is 6.07 Å². The van der Waals surface area contributed by atoms with Crippen molar-refractivity contribution in [1.82, 2.24) is 10.3 Å². The molecule has 0 aliphatic rings. The molecule has 1 rings (SSSR count). The number of pyridine rings is 1. The fraction of sp³-hybridized carbons (Fsp3) is 0.222. The first-order valence-corrected chi connectivity index (χ1v) is 4.39. The van der Waals surface area contributed by atoms with E-state index < -0.39 is 23.3 Å². The van der Waals surface area contributed by atoms with Gasteiger partial charge in [-0.2, -0.15) is 13.2 Å². The third-order valence-corrected chi connectivity index (χ3v) is 1.86. The lowest BCUT2D eigenvalue weighted by Gasteiger charge is -2.12. The highest BCUT2D eigenvalue weighted by Crippen LogP contribution is 2.32. The van der Waals surface area contributed by atoms with Crippen LogP contribution in [0.1, 0.15) is 16.1 Å². The summed E-state index contributed by atoms with van der Waals surface area (Å²) in [5.74, 6) is -0.949. The molecular weight excluding hydrogens is 239 g/mol. The average molecular weight is 247 g/mol. The summed E-state index contributed by atoms with van der Waals surface area (Å²) < 4.78 is 37.9. The Morgan fingerprint density at radius 1 is 1.47 bits per heavy atom. The molecule has 0 radical (unpaired) electrons. The van der Waals surface area contributed by atoms with E-state index in [1.54, 1.807) is 0 Å². The van der Waals surface area contributed by atoms with E-state index in [0.29, 0.717) is 6.07 Å². The van der Waals surface area contributed by atoms with Gasteiger partial charge < -0.3 is 10.6 Å². The van der Waals surface area contributed by atoms with Gasteiger partial charge in [0.1, 0.15) is 5.69 Å². The minimum Gasteiger partial charge on any atom is -0.354 e. The molecule has 0 aliphatic heterocycles. The van der Waals surface area contributed by atoms with Gasteiger partial charge in [0.05, 0.1) is 17.4 Å². The van der Waals surface area contributed by atoms with Gasteiger partial charge >= 0.3 is 6.18 Å². The van der Waals surface area contributed by atoms with Crippen LogP contribution >= 0.6 is 0 Å². The predicted molar refractivity (Wildman–Crippen MR) is 52.3 cm³/mol. The largest absolute Gasteiger partial charge is 0.418 e. The molecule has 17 heavy (non-hydrogen) atoms. The van der Waals surface area contributed by atoms with Crippen LogP contribution in [-0.4, -0.2) is 24.3 Å². The zero-order valence-electron chi connectivity index (χ0n) is 8.63. The molecule has 0 spiro atoms. The van der Waals surface area contributed by atoms with Gasteiger partial charge in [-0.15, -0.1) is 0 Å². The molecule has 1 heterocycles. The highest BCUT2D eigenvalue weighted by Gasteiger charge is 2.36. The Kier molecular flexibility index (Phi) is 3.66. The number of amides is 2. The van der Waals surface area contributed by atoms with Crippen molar-refractivity contribution in [3.63, 3.8) is 0 Å². The molecule has 92 valence electrons. The number of rotatable bonds is 3. The SMILES string of the molecule is CNC(=O)c1ncc(NC=O)cc1C(F)(F)F. The zero-order valence-corrected chi connectivity index (χ0v) is 8.63. The molecule has 0 atom stereocenters. The normalized spacial score (nSPS) is 10.8. The topological polar surface area (TPSA) is 71.1 Å². The lowest BCUT2D eigenvalue weighted by molar-refractivity contribution is -0.138. The number of hydrogen-bond acceptors (Lipinski definition) is 3. The number of carbonyl (C=O) groups is 2. The number of alkyl halides is 3. The molecule has 0 fully saturated rings. The van der Waals surface area contributed by atoms with E-state index in [9.17, 15) is 22.8 Å². The molecule has 1 aromatic heterocycles. The Morgan fingerprint density at radius 2 is 2.12 bits per heavy atom. The molecule has 0 bridgehead atoms. The smallest absolute Gasteiger partial charge is 0.354 e. The number of anilines is 1. The number of nitrogens with zero attached hydrogens (tertiary/aromatic N) is 1. The Labute approximate surface area is 94.0 Å². The van der Waals surface area contributed by atoms with E-state index in [-0.39, 0.29) is 12.1 Å². The second kappa shape index (κ2) is 4.81. The van der Waals surface area contributed by atoms with Gasteiger partial charge in [-0.1, -0.05) is 0 Å². The van der Waals surface area contributed by atoms with E-state index >= 15 is 0 Å². The van der Waals surface area contributed by atoms with E-state index in [1.807, 2.05) is 5.32 Å². The summed E-state index contributed by atoms with van der Waals surface area (Å²) in [4.78, 5) is 24.7. The summed E-state index contributed by atoms with van der Waals surface area (Å²) in [5, 5.41) is 4.08. The van der Waals surface area contributed by atoms with E-state index in [1.165, 1.54) is 7.05 Å². The molecule has 8 heteroatoms. The first-order chi connectivity index (χ1) is 7.90. The van der Waals surface area contributed by atoms with Crippen LogP contribution in [0, 0.1) is 0 Å². The van der Waals surface area contributed by atoms with Crippen molar-refractivity contribution >= 4 is 18.0 Å². The minimum atomic E-state index is -4.73. The summed E-state index contributed by atoms with van der Waals surface area (Å²) in [6, 6.07) is 0.645. The second-order valence-corrected chi connectivity index (χ2v) is 2.96. The van der Waals surface area contributed by atoms with Gasteiger partial charge in [0.2, 0.25) is 6.41 Å². The molecule has 0 saturated heterocycles. The van der Waals surface area contributed by atoms with Gasteiger partial charge in [-0.3, -0.25) is 9.59 Å². The standard InChI is InChI=1S/C9H8F3N3O2/c1-13-8(17)7-6(9(10,11)12)2-5(3-14-7)15-4-16/h2-4H,1H3,(H,13,17)(H,15,16). The van der Waals surface area contributed by atoms with Crippen LogP contribution < -0.4 is 10.6 Å². The molecule has 0 aliphatic carbocycles. The van der Waals surface area contributed by atoms with Crippen LogP contribution in [0.5, 0.6) is 0 Å². The highest BCUT2D eigenvalue weighted by atomic mass is 19.4. The van der Waals surface area contributed by atoms with Crippen molar-refractivity contribution in [2.24, 2.45) is 0 Å². The average Bonchev–Trinajstić information content (AvgIpc) is 2.27. The molecule has 1 aromatic rings. The number of carbonyl (C=O) groups excluding carboxylic acids is 2. The van der Waals surface area contributed by atoms with Crippen LogP contribution in [0.25, 0.3) is 0 Å². The summed E-state index contributed by atoms with van der Waals surface area (Å²) in [6.45, 7) is 0. The molecule has 0 unspecified atom stereocenters. The first-order valence-electron chi connectivity index (χ1n) is 4.39. The maximum atomic E-state index is 12.6. The molecule has 5 nitrogen and oxygen atoms in total. The predicted octanol–water partition coefficient (Wildman–Crippen LogP) is 1.03. The van der Waals surface area contributed by atoms with E-state index in [4.69, 9.17) is 0 Å². The Balaban J connectivity index is 3.31. The molecular formula is C9H8F3N3O2. The van der Waals surface area contributed by atoms with E-state index in [2.05, 4.69) is 10.3 Å². The van der Waals surface area contributed by atoms with Crippen molar-refractivity contribution in [2.75, 3.05) is 12.4 Å². The molecule has 2 amide bonds. The first kappa shape index (κ1) is 12.9. The highest BCUT2D eigenvalue weighted by molar-refractivity contribution is 5.94. The Bertz CT molecular complexity index is 446. The third-order valence-electron chi connectivity index (χ3n) is 1.86. The van der Waals surface area contributed by atoms with Crippen molar-refractivity contribution in [3.05, 3.63) is 23.5 Å². The van der Waals surface area contributed by atoms with Gasteiger partial charge in [0.15, 0.2) is 0 Å². The summed E-state index contributed by atoms with van der Waals surface area (Å²) in [7, 11) is 1.20. The maximum absolute atomic E-state index is 12.6. The Morgan fingerprint density at radius 3 is 2.59 bits per heavy atom. The summed E-state index contributed by atoms with van der Waals surface area (Å²) >= 11 is 0. The van der Waals surface area contributed by atoms with Crippen LogP contribution in [0.4, 0.5) is 18.9 Å². The van der Waals surface area contributed by atoms with Gasteiger partial charge in [0.25, 0.3) is 5.91 Å². The summed E-state index contributed by atoms with van der Waals surface area (Å²) in [5.41, 5.74) is -2.08. The Hall–Kier alpha value is -2.12. The van der Waals surface area contributed by atoms with Crippen molar-refractivity contribution in [3.8, 4) is 0 Å². The zero-order chi connectivity index (χ0) is 13.1. The van der Waals surface area contributed by atoms with Crippen molar-refractivity contribution < 1.29 is 22.8 Å². The van der Waals surface area contributed by atoms with Crippen molar-refractivity contribution in [2.45, 2.75) is 6.18 Å². The van der Waals surface area contributed by atoms with Gasteiger partial charge in [-0.25, -0.2) is 4.98 Å². The van der Waals surface area contributed by atoms with Crippen molar-refractivity contribution in [1.29, 1.82) is 0 Å². The van der Waals surface area contributed by atoms with Crippen LogP contribution in [0.15, 0.2) is 12.3 Å². The number of aromatic nitrogens is 1. The van der Waals surface area contributed by atoms with Gasteiger partial charge in [0, 0.05) is 7.05 Å². The van der Waals surface area contributed by atoms with Crippen LogP contribution in [0.3, 0.4) is 0 Å². The summed E-state index contributed by atoms with van der Waals surface area (Å²) in [6.07, 6.45) is -3.54. The minimum absolute atomic E-state index is 0.139. The fourth-order valence-electron chi connectivity index (χ4n) is 1.13. The molecule has 2 N–H and O–H groups in total. The number of hydrogen-bond donors (Lipinski definition) is 2. The monoisotopic (exact) mass is 247 g/mol.